The minimum Gasteiger partial charge on any atom is -0.466 e. The molecule has 0 spiro atoms. The van der Waals surface area contributed by atoms with Gasteiger partial charge in [0.25, 0.3) is 0 Å². The van der Waals surface area contributed by atoms with Crippen LogP contribution >= 0.6 is 0 Å². The molecule has 1 saturated carbocycles. The van der Waals surface area contributed by atoms with Crippen LogP contribution in [0.5, 0.6) is 0 Å². The first kappa shape index (κ1) is 21.8. The van der Waals surface area contributed by atoms with E-state index in [1.54, 1.807) is 6.20 Å². The molecule has 0 aromatic carbocycles. The van der Waals surface area contributed by atoms with E-state index in [9.17, 15) is 13.2 Å². The van der Waals surface area contributed by atoms with Crippen molar-refractivity contribution in [2.45, 2.75) is 69.8 Å². The molecular formula is C21H33N3O5S. The molecule has 3 fully saturated rings. The standard InChI is InChI=1S/C21H33N3O5S/c1-2-28-20(25)17-7-9-23(10-8-17)13-18-12-22-21(30(26,27)15-16-5-6-16)24(18)14-19-4-3-11-29-19/h12,16-17,19H,2-11,13-15H2,1H3/t19-/m1/s1. The summed E-state index contributed by atoms with van der Waals surface area (Å²) in [6.45, 7) is 5.73. The van der Waals surface area contributed by atoms with Gasteiger partial charge in [0.15, 0.2) is 0 Å². The number of likely N-dealkylation sites (tertiary alicyclic amines) is 1. The van der Waals surface area contributed by atoms with Gasteiger partial charge in [-0.3, -0.25) is 9.69 Å². The van der Waals surface area contributed by atoms with Crippen LogP contribution in [0.15, 0.2) is 11.4 Å². The molecule has 168 valence electrons. The average Bonchev–Trinajstić information content (AvgIpc) is 3.20. The molecule has 1 atom stereocenters. The van der Waals surface area contributed by atoms with Crippen molar-refractivity contribution in [2.75, 3.05) is 32.1 Å². The summed E-state index contributed by atoms with van der Waals surface area (Å²) in [5.74, 6) is 0.342. The SMILES string of the molecule is CCOC(=O)C1CCN(Cc2cnc(S(=O)(=O)CC3CC3)n2C[C@H]2CCCO2)CC1. The summed E-state index contributed by atoms with van der Waals surface area (Å²) in [6, 6.07) is 0. The zero-order valence-electron chi connectivity index (χ0n) is 17.8. The Morgan fingerprint density at radius 2 is 2.00 bits per heavy atom. The van der Waals surface area contributed by atoms with E-state index in [2.05, 4.69) is 9.88 Å². The smallest absolute Gasteiger partial charge is 0.309 e. The third-order valence-corrected chi connectivity index (χ3v) is 8.13. The Kier molecular flexibility index (Phi) is 6.79. The molecule has 0 amide bonds. The van der Waals surface area contributed by atoms with E-state index in [0.717, 1.165) is 63.9 Å². The van der Waals surface area contributed by atoms with Crippen LogP contribution in [0.4, 0.5) is 0 Å². The monoisotopic (exact) mass is 439 g/mol. The Labute approximate surface area is 178 Å². The summed E-state index contributed by atoms with van der Waals surface area (Å²) in [6.07, 6.45) is 7.25. The van der Waals surface area contributed by atoms with Crippen molar-refractivity contribution < 1.29 is 22.7 Å². The van der Waals surface area contributed by atoms with Crippen molar-refractivity contribution in [1.29, 1.82) is 0 Å². The molecule has 2 saturated heterocycles. The van der Waals surface area contributed by atoms with Crippen molar-refractivity contribution in [3.63, 3.8) is 0 Å². The highest BCUT2D eigenvalue weighted by atomic mass is 32.2. The number of rotatable bonds is 9. The molecule has 4 rings (SSSR count). The van der Waals surface area contributed by atoms with Gasteiger partial charge in [0, 0.05) is 13.2 Å². The highest BCUT2D eigenvalue weighted by Gasteiger charge is 2.34. The van der Waals surface area contributed by atoms with Gasteiger partial charge in [-0.2, -0.15) is 0 Å². The summed E-state index contributed by atoms with van der Waals surface area (Å²) in [4.78, 5) is 18.6. The molecule has 0 unspecified atom stereocenters. The fourth-order valence-electron chi connectivity index (χ4n) is 4.44. The molecular weight excluding hydrogens is 406 g/mol. The first-order valence-corrected chi connectivity index (χ1v) is 12.9. The van der Waals surface area contributed by atoms with E-state index >= 15 is 0 Å². The maximum atomic E-state index is 13.0. The fourth-order valence-corrected chi connectivity index (χ4v) is 6.28. The lowest BCUT2D eigenvalue weighted by Gasteiger charge is -2.31. The van der Waals surface area contributed by atoms with Gasteiger partial charge in [0.2, 0.25) is 15.0 Å². The highest BCUT2D eigenvalue weighted by Crippen LogP contribution is 2.32. The lowest BCUT2D eigenvalue weighted by molar-refractivity contribution is -0.149. The van der Waals surface area contributed by atoms with Crippen molar-refractivity contribution in [2.24, 2.45) is 11.8 Å². The topological polar surface area (TPSA) is 90.7 Å². The maximum Gasteiger partial charge on any atom is 0.309 e. The molecule has 9 heteroatoms. The molecule has 2 aliphatic heterocycles. The van der Waals surface area contributed by atoms with Crippen LogP contribution in [0.3, 0.4) is 0 Å². The number of aromatic nitrogens is 2. The van der Waals surface area contributed by atoms with Gasteiger partial charge >= 0.3 is 5.97 Å². The predicted octanol–water partition coefficient (Wildman–Crippen LogP) is 2.02. The molecule has 0 radical (unpaired) electrons. The van der Waals surface area contributed by atoms with Gasteiger partial charge in [-0.15, -0.1) is 0 Å². The van der Waals surface area contributed by atoms with Crippen LogP contribution in [0, 0.1) is 11.8 Å². The van der Waals surface area contributed by atoms with Gasteiger partial charge in [-0.1, -0.05) is 0 Å². The number of piperidine rings is 1. The van der Waals surface area contributed by atoms with Gasteiger partial charge in [0.05, 0.1) is 42.8 Å². The number of hydrogen-bond acceptors (Lipinski definition) is 7. The third kappa shape index (κ3) is 5.23. The van der Waals surface area contributed by atoms with Gasteiger partial charge < -0.3 is 14.0 Å². The summed E-state index contributed by atoms with van der Waals surface area (Å²) in [5, 5.41) is 0.196. The zero-order valence-corrected chi connectivity index (χ0v) is 18.6. The van der Waals surface area contributed by atoms with Gasteiger partial charge in [-0.25, -0.2) is 13.4 Å². The van der Waals surface area contributed by atoms with E-state index in [0.29, 0.717) is 19.7 Å². The summed E-state index contributed by atoms with van der Waals surface area (Å²) in [7, 11) is -3.40. The Morgan fingerprint density at radius 1 is 1.23 bits per heavy atom. The summed E-state index contributed by atoms with van der Waals surface area (Å²) >= 11 is 0. The minimum atomic E-state index is -3.40. The molecule has 0 bridgehead atoms. The van der Waals surface area contributed by atoms with Crippen LogP contribution in [-0.2, 0) is 37.2 Å². The molecule has 1 aromatic rings. The number of esters is 1. The Bertz CT molecular complexity index is 835. The van der Waals surface area contributed by atoms with E-state index in [1.165, 1.54) is 0 Å². The molecule has 3 aliphatic rings. The summed E-state index contributed by atoms with van der Waals surface area (Å²) in [5.41, 5.74) is 0.912. The molecule has 8 nitrogen and oxygen atoms in total. The lowest BCUT2D eigenvalue weighted by atomic mass is 9.97. The Morgan fingerprint density at radius 3 is 2.63 bits per heavy atom. The van der Waals surface area contributed by atoms with Crippen LogP contribution in [0.25, 0.3) is 0 Å². The van der Waals surface area contributed by atoms with Gasteiger partial charge in [-0.05, 0) is 64.5 Å². The van der Waals surface area contributed by atoms with E-state index in [1.807, 2.05) is 11.5 Å². The zero-order chi connectivity index (χ0) is 21.1. The number of imidazole rings is 1. The molecule has 1 aliphatic carbocycles. The van der Waals surface area contributed by atoms with Gasteiger partial charge in [0.1, 0.15) is 0 Å². The number of ether oxygens (including phenoxy) is 2. The van der Waals surface area contributed by atoms with Crippen molar-refractivity contribution in [3.05, 3.63) is 11.9 Å². The summed E-state index contributed by atoms with van der Waals surface area (Å²) < 4.78 is 38.8. The highest BCUT2D eigenvalue weighted by molar-refractivity contribution is 7.91. The van der Waals surface area contributed by atoms with E-state index in [4.69, 9.17) is 9.47 Å². The third-order valence-electron chi connectivity index (χ3n) is 6.34. The Hall–Kier alpha value is -1.45. The first-order valence-electron chi connectivity index (χ1n) is 11.2. The number of carbonyl (C=O) groups excluding carboxylic acids is 1. The van der Waals surface area contributed by atoms with Crippen molar-refractivity contribution in [3.8, 4) is 0 Å². The largest absolute Gasteiger partial charge is 0.466 e. The van der Waals surface area contributed by atoms with Crippen molar-refractivity contribution >= 4 is 15.8 Å². The lowest BCUT2D eigenvalue weighted by Crippen LogP contribution is -2.37. The first-order chi connectivity index (χ1) is 14.5. The minimum absolute atomic E-state index is 0.0347. The maximum absolute atomic E-state index is 13.0. The number of sulfone groups is 1. The fraction of sp³-hybridized carbons (Fsp3) is 0.810. The second kappa shape index (κ2) is 9.36. The van der Waals surface area contributed by atoms with Crippen LogP contribution in [-0.4, -0.2) is 67.0 Å². The number of carbonyl (C=O) groups is 1. The number of hydrogen-bond donors (Lipinski definition) is 0. The van der Waals surface area contributed by atoms with Crippen molar-refractivity contribution in [1.82, 2.24) is 14.5 Å². The predicted molar refractivity (Wildman–Crippen MR) is 111 cm³/mol. The second-order valence-electron chi connectivity index (χ2n) is 8.81. The molecule has 30 heavy (non-hydrogen) atoms. The van der Waals surface area contributed by atoms with Crippen LogP contribution in [0.2, 0.25) is 0 Å². The van der Waals surface area contributed by atoms with Crippen LogP contribution < -0.4 is 0 Å². The second-order valence-corrected chi connectivity index (χ2v) is 10.7. The molecule has 0 N–H and O–H groups in total. The Balaban J connectivity index is 1.46. The number of nitrogens with zero attached hydrogens (tertiary/aromatic N) is 3. The molecule has 1 aromatic heterocycles. The normalized spacial score (nSPS) is 23.7. The van der Waals surface area contributed by atoms with E-state index in [-0.39, 0.29) is 34.8 Å². The van der Waals surface area contributed by atoms with Crippen LogP contribution in [0.1, 0.15) is 51.1 Å². The van der Waals surface area contributed by atoms with E-state index < -0.39 is 9.84 Å². The quantitative estimate of drug-likeness (QED) is 0.544. The average molecular weight is 440 g/mol. The molecule has 3 heterocycles.